The lowest BCUT2D eigenvalue weighted by molar-refractivity contribution is -0.134. The summed E-state index contributed by atoms with van der Waals surface area (Å²) < 4.78 is 10.7. The van der Waals surface area contributed by atoms with Gasteiger partial charge < -0.3 is 14.4 Å². The maximum absolute atomic E-state index is 12.8. The smallest absolute Gasteiger partial charge is 0.230 e. The minimum absolute atomic E-state index is 0.0538. The number of carbonyl (C=O) groups is 1. The lowest BCUT2D eigenvalue weighted by atomic mass is 9.91. The Balaban J connectivity index is 2.15. The molecule has 0 saturated carbocycles. The molecule has 0 aliphatic carbocycles. The summed E-state index contributed by atoms with van der Waals surface area (Å²) in [4.78, 5) is 14.5. The van der Waals surface area contributed by atoms with Crippen LogP contribution in [0, 0.1) is 11.3 Å². The molecule has 0 saturated heterocycles. The molecule has 112 valence electrons. The third-order valence-electron chi connectivity index (χ3n) is 3.63. The SMILES string of the molecule is COCCN(CCC#N)C(=O)C1CCOc2ccccc21. The van der Waals surface area contributed by atoms with Gasteiger partial charge in [-0.15, -0.1) is 0 Å². The molecule has 2 rings (SSSR count). The zero-order chi connectivity index (χ0) is 15.1. The van der Waals surface area contributed by atoms with Crippen LogP contribution >= 0.6 is 0 Å². The Morgan fingerprint density at radius 3 is 3.05 bits per heavy atom. The predicted octanol–water partition coefficient (Wildman–Crippen LogP) is 1.94. The highest BCUT2D eigenvalue weighted by Crippen LogP contribution is 2.34. The summed E-state index contributed by atoms with van der Waals surface area (Å²) in [5.74, 6) is 0.651. The van der Waals surface area contributed by atoms with Crippen molar-refractivity contribution in [3.63, 3.8) is 0 Å². The van der Waals surface area contributed by atoms with Crippen LogP contribution < -0.4 is 4.74 Å². The molecule has 5 heteroatoms. The van der Waals surface area contributed by atoms with E-state index in [-0.39, 0.29) is 11.8 Å². The Morgan fingerprint density at radius 2 is 2.29 bits per heavy atom. The zero-order valence-corrected chi connectivity index (χ0v) is 12.2. The van der Waals surface area contributed by atoms with Gasteiger partial charge in [0.2, 0.25) is 5.91 Å². The van der Waals surface area contributed by atoms with Crippen molar-refractivity contribution >= 4 is 5.91 Å². The number of carbonyl (C=O) groups excluding carboxylic acids is 1. The number of hydrogen-bond donors (Lipinski definition) is 0. The average Bonchev–Trinajstić information content (AvgIpc) is 2.54. The molecule has 1 aromatic rings. The molecule has 0 bridgehead atoms. The summed E-state index contributed by atoms with van der Waals surface area (Å²) >= 11 is 0. The van der Waals surface area contributed by atoms with E-state index in [2.05, 4.69) is 6.07 Å². The van der Waals surface area contributed by atoms with Crippen molar-refractivity contribution in [1.29, 1.82) is 5.26 Å². The van der Waals surface area contributed by atoms with Gasteiger partial charge in [0.05, 0.1) is 31.6 Å². The molecule has 1 heterocycles. The van der Waals surface area contributed by atoms with Crippen molar-refractivity contribution < 1.29 is 14.3 Å². The van der Waals surface area contributed by atoms with E-state index in [9.17, 15) is 4.79 Å². The van der Waals surface area contributed by atoms with Crippen LogP contribution in [0.5, 0.6) is 5.75 Å². The van der Waals surface area contributed by atoms with E-state index in [1.165, 1.54) is 0 Å². The van der Waals surface area contributed by atoms with E-state index in [4.69, 9.17) is 14.7 Å². The van der Waals surface area contributed by atoms with Gasteiger partial charge in [-0.05, 0) is 12.5 Å². The first-order valence-electron chi connectivity index (χ1n) is 7.14. The topological polar surface area (TPSA) is 62.6 Å². The summed E-state index contributed by atoms with van der Waals surface area (Å²) in [6.45, 7) is 1.97. The van der Waals surface area contributed by atoms with Crippen molar-refractivity contribution in [1.82, 2.24) is 4.90 Å². The van der Waals surface area contributed by atoms with E-state index in [1.54, 1.807) is 12.0 Å². The number of rotatable bonds is 6. The van der Waals surface area contributed by atoms with E-state index in [0.717, 1.165) is 11.3 Å². The number of methoxy groups -OCH3 is 1. The second-order valence-corrected chi connectivity index (χ2v) is 4.95. The van der Waals surface area contributed by atoms with E-state index in [1.807, 2.05) is 24.3 Å². The highest BCUT2D eigenvalue weighted by molar-refractivity contribution is 5.84. The van der Waals surface area contributed by atoms with Crippen molar-refractivity contribution in [2.45, 2.75) is 18.8 Å². The molecule has 0 aromatic heterocycles. The normalized spacial score (nSPS) is 16.5. The highest BCUT2D eigenvalue weighted by Gasteiger charge is 2.30. The largest absolute Gasteiger partial charge is 0.493 e. The van der Waals surface area contributed by atoms with Crippen molar-refractivity contribution in [2.75, 3.05) is 33.4 Å². The Hall–Kier alpha value is -2.06. The van der Waals surface area contributed by atoms with Gasteiger partial charge in [0.25, 0.3) is 0 Å². The number of benzene rings is 1. The molecule has 1 aliphatic heterocycles. The highest BCUT2D eigenvalue weighted by atomic mass is 16.5. The van der Waals surface area contributed by atoms with E-state index >= 15 is 0 Å². The molecule has 0 fully saturated rings. The fourth-order valence-corrected chi connectivity index (χ4v) is 2.54. The second-order valence-electron chi connectivity index (χ2n) is 4.95. The summed E-state index contributed by atoms with van der Waals surface area (Å²) in [6, 6.07) is 9.75. The van der Waals surface area contributed by atoms with Crippen LogP contribution in [-0.2, 0) is 9.53 Å². The first-order chi connectivity index (χ1) is 10.3. The van der Waals surface area contributed by atoms with Gasteiger partial charge in [0.1, 0.15) is 5.75 Å². The van der Waals surface area contributed by atoms with Gasteiger partial charge in [-0.1, -0.05) is 18.2 Å². The molecule has 0 N–H and O–H groups in total. The maximum atomic E-state index is 12.8. The Morgan fingerprint density at radius 1 is 1.48 bits per heavy atom. The van der Waals surface area contributed by atoms with Gasteiger partial charge in [-0.2, -0.15) is 5.26 Å². The number of amides is 1. The molecule has 21 heavy (non-hydrogen) atoms. The molecule has 5 nitrogen and oxygen atoms in total. The second kappa shape index (κ2) is 7.65. The molecular formula is C16H20N2O3. The maximum Gasteiger partial charge on any atom is 0.230 e. The van der Waals surface area contributed by atoms with Crippen LogP contribution in [0.15, 0.2) is 24.3 Å². The summed E-state index contributed by atoms with van der Waals surface area (Å²) in [5.41, 5.74) is 0.938. The van der Waals surface area contributed by atoms with Gasteiger partial charge in [-0.25, -0.2) is 0 Å². The Bertz CT molecular complexity index is 524. The van der Waals surface area contributed by atoms with Crippen molar-refractivity contribution in [2.24, 2.45) is 0 Å². The van der Waals surface area contributed by atoms with E-state index < -0.39 is 0 Å². The molecular weight excluding hydrogens is 268 g/mol. The first kappa shape index (κ1) is 15.3. The number of ether oxygens (including phenoxy) is 2. The Labute approximate surface area is 125 Å². The quantitative estimate of drug-likeness (QED) is 0.802. The summed E-state index contributed by atoms with van der Waals surface area (Å²) in [6.07, 6.45) is 1.01. The van der Waals surface area contributed by atoms with E-state index in [0.29, 0.717) is 39.1 Å². The molecule has 1 aromatic carbocycles. The molecule has 0 radical (unpaired) electrons. The van der Waals surface area contributed by atoms with Crippen LogP contribution in [0.4, 0.5) is 0 Å². The lowest BCUT2D eigenvalue weighted by Gasteiger charge is -2.30. The third-order valence-corrected chi connectivity index (χ3v) is 3.63. The molecule has 1 amide bonds. The van der Waals surface area contributed by atoms with Crippen molar-refractivity contribution in [3.8, 4) is 11.8 Å². The molecule has 1 atom stereocenters. The summed E-state index contributed by atoms with van der Waals surface area (Å²) in [5, 5.41) is 8.75. The first-order valence-corrected chi connectivity index (χ1v) is 7.14. The summed E-state index contributed by atoms with van der Waals surface area (Å²) in [7, 11) is 1.61. The fraction of sp³-hybridized carbons (Fsp3) is 0.500. The van der Waals surface area contributed by atoms with Gasteiger partial charge in [-0.3, -0.25) is 4.79 Å². The van der Waals surface area contributed by atoms with Crippen LogP contribution in [0.2, 0.25) is 0 Å². The minimum Gasteiger partial charge on any atom is -0.493 e. The molecule has 1 unspecified atom stereocenters. The van der Waals surface area contributed by atoms with Crippen molar-refractivity contribution in [3.05, 3.63) is 29.8 Å². The average molecular weight is 288 g/mol. The van der Waals surface area contributed by atoms with Crippen LogP contribution in [0.1, 0.15) is 24.3 Å². The zero-order valence-electron chi connectivity index (χ0n) is 12.2. The minimum atomic E-state index is -0.189. The molecule has 1 aliphatic rings. The standard InChI is InChI=1S/C16H20N2O3/c1-20-12-10-18(9-4-8-17)16(19)14-7-11-21-15-6-3-2-5-13(14)15/h2-3,5-6,14H,4,7,9-12H2,1H3. The molecule has 0 spiro atoms. The van der Waals surface area contributed by atoms with Gasteiger partial charge >= 0.3 is 0 Å². The number of para-hydroxylation sites is 1. The fourth-order valence-electron chi connectivity index (χ4n) is 2.54. The van der Waals surface area contributed by atoms with Gasteiger partial charge in [0, 0.05) is 25.8 Å². The van der Waals surface area contributed by atoms with Crippen LogP contribution in [-0.4, -0.2) is 44.2 Å². The number of nitriles is 1. The van der Waals surface area contributed by atoms with Gasteiger partial charge in [0.15, 0.2) is 0 Å². The third kappa shape index (κ3) is 3.73. The van der Waals surface area contributed by atoms with Crippen LogP contribution in [0.25, 0.3) is 0 Å². The lowest BCUT2D eigenvalue weighted by Crippen LogP contribution is -2.39. The number of fused-ring (bicyclic) bond motifs is 1. The number of nitrogens with zero attached hydrogens (tertiary/aromatic N) is 2. The Kier molecular flexibility index (Phi) is 5.59. The number of hydrogen-bond acceptors (Lipinski definition) is 4. The predicted molar refractivity (Wildman–Crippen MR) is 78.0 cm³/mol. The van der Waals surface area contributed by atoms with Crippen LogP contribution in [0.3, 0.4) is 0 Å². The monoisotopic (exact) mass is 288 g/mol.